The molecule has 2 fully saturated rings. The molecule has 2 aromatic carbocycles. The number of hydrogen-bond donors (Lipinski definition) is 0. The topological polar surface area (TPSA) is 32.8 Å². The zero-order valence-electron chi connectivity index (χ0n) is 16.4. The Kier molecular flexibility index (Phi) is 6.21. The van der Waals surface area contributed by atoms with Crippen molar-refractivity contribution < 1.29 is 18.3 Å². The van der Waals surface area contributed by atoms with Crippen LogP contribution in [-0.2, 0) is 11.3 Å². The highest BCUT2D eigenvalue weighted by Crippen LogP contribution is 2.30. The molecule has 0 spiro atoms. The highest BCUT2D eigenvalue weighted by Gasteiger charge is 2.31. The third kappa shape index (κ3) is 5.19. The Morgan fingerprint density at radius 3 is 2.45 bits per heavy atom. The van der Waals surface area contributed by atoms with Crippen molar-refractivity contribution in [2.24, 2.45) is 5.92 Å². The minimum Gasteiger partial charge on any atom is -0.374 e. The van der Waals surface area contributed by atoms with Crippen molar-refractivity contribution in [2.45, 2.75) is 25.5 Å². The van der Waals surface area contributed by atoms with Crippen LogP contribution in [0.4, 0.5) is 8.78 Å². The molecule has 1 aliphatic heterocycles. The van der Waals surface area contributed by atoms with Crippen molar-refractivity contribution >= 4 is 5.91 Å². The van der Waals surface area contributed by atoms with Crippen LogP contribution in [0.5, 0.6) is 0 Å². The van der Waals surface area contributed by atoms with Crippen LogP contribution in [0.15, 0.2) is 48.5 Å². The first kappa shape index (κ1) is 20.0. The highest BCUT2D eigenvalue weighted by molar-refractivity contribution is 5.94. The van der Waals surface area contributed by atoms with Crippen molar-refractivity contribution in [3.63, 3.8) is 0 Å². The maximum atomic E-state index is 14.0. The first-order valence-electron chi connectivity index (χ1n) is 10.2. The summed E-state index contributed by atoms with van der Waals surface area (Å²) >= 11 is 0. The lowest BCUT2D eigenvalue weighted by molar-refractivity contribution is -0.0438. The van der Waals surface area contributed by atoms with Gasteiger partial charge in [0.1, 0.15) is 11.6 Å². The maximum absolute atomic E-state index is 14.0. The minimum atomic E-state index is -0.525. The second-order valence-electron chi connectivity index (χ2n) is 7.95. The molecule has 2 aromatic rings. The van der Waals surface area contributed by atoms with Gasteiger partial charge in [-0.05, 0) is 43.0 Å². The Hall–Kier alpha value is -2.31. The number of carbonyl (C=O) groups is 1. The van der Waals surface area contributed by atoms with Gasteiger partial charge in [-0.3, -0.25) is 9.69 Å². The van der Waals surface area contributed by atoms with Crippen molar-refractivity contribution in [3.8, 4) is 0 Å². The summed E-state index contributed by atoms with van der Waals surface area (Å²) in [4.78, 5) is 16.9. The summed E-state index contributed by atoms with van der Waals surface area (Å²) in [5.74, 6) is -0.474. The van der Waals surface area contributed by atoms with Gasteiger partial charge in [0.25, 0.3) is 5.91 Å². The molecular weight excluding hydrogens is 374 g/mol. The van der Waals surface area contributed by atoms with Gasteiger partial charge < -0.3 is 9.64 Å². The molecule has 1 aliphatic carbocycles. The average molecular weight is 400 g/mol. The van der Waals surface area contributed by atoms with E-state index in [0.717, 1.165) is 19.4 Å². The smallest absolute Gasteiger partial charge is 0.253 e. The molecule has 4 nitrogen and oxygen atoms in total. The van der Waals surface area contributed by atoms with Gasteiger partial charge in [-0.1, -0.05) is 24.3 Å². The fourth-order valence-corrected chi connectivity index (χ4v) is 3.80. The number of halogens is 2. The molecule has 0 aromatic heterocycles. The van der Waals surface area contributed by atoms with E-state index in [-0.39, 0.29) is 24.1 Å². The molecular formula is C23H26F2N2O2. The number of rotatable bonds is 7. The molecule has 4 rings (SSSR count). The zero-order valence-corrected chi connectivity index (χ0v) is 16.4. The van der Waals surface area contributed by atoms with Gasteiger partial charge in [0.2, 0.25) is 0 Å². The molecule has 1 heterocycles. The number of hydrogen-bond acceptors (Lipinski definition) is 3. The summed E-state index contributed by atoms with van der Waals surface area (Å²) in [7, 11) is 0. The molecule has 1 amide bonds. The second-order valence-corrected chi connectivity index (χ2v) is 7.95. The summed E-state index contributed by atoms with van der Waals surface area (Å²) in [5.41, 5.74) is 0.762. The van der Waals surface area contributed by atoms with E-state index in [0.29, 0.717) is 37.7 Å². The summed E-state index contributed by atoms with van der Waals surface area (Å²) in [6.45, 7) is 3.05. The van der Waals surface area contributed by atoms with Crippen LogP contribution >= 0.6 is 0 Å². The Morgan fingerprint density at radius 1 is 1.03 bits per heavy atom. The van der Waals surface area contributed by atoms with Crippen molar-refractivity contribution in [3.05, 3.63) is 71.3 Å². The van der Waals surface area contributed by atoms with Crippen LogP contribution in [0.1, 0.15) is 28.8 Å². The fraction of sp³-hybridized carbons (Fsp3) is 0.435. The van der Waals surface area contributed by atoms with E-state index < -0.39 is 11.6 Å². The molecule has 1 atom stereocenters. The number of morpholine rings is 1. The summed E-state index contributed by atoms with van der Waals surface area (Å²) in [5, 5.41) is 0. The quantitative estimate of drug-likeness (QED) is 0.710. The van der Waals surface area contributed by atoms with Crippen LogP contribution in [0.3, 0.4) is 0 Å². The van der Waals surface area contributed by atoms with E-state index in [1.54, 1.807) is 0 Å². The van der Waals surface area contributed by atoms with Crippen LogP contribution < -0.4 is 0 Å². The lowest BCUT2D eigenvalue weighted by Crippen LogP contribution is -2.49. The Labute approximate surface area is 170 Å². The monoisotopic (exact) mass is 400 g/mol. The number of nitrogens with zero attached hydrogens (tertiary/aromatic N) is 2. The lowest BCUT2D eigenvalue weighted by Gasteiger charge is -2.36. The van der Waals surface area contributed by atoms with E-state index in [1.165, 1.54) is 18.2 Å². The number of carbonyl (C=O) groups excluding carboxylic acids is 1. The molecule has 1 unspecified atom stereocenters. The van der Waals surface area contributed by atoms with E-state index in [2.05, 4.69) is 0 Å². The molecule has 0 radical (unpaired) electrons. The van der Waals surface area contributed by atoms with Crippen molar-refractivity contribution in [1.29, 1.82) is 0 Å². The normalized spacial score (nSPS) is 19.9. The molecule has 2 aliphatic rings. The summed E-state index contributed by atoms with van der Waals surface area (Å²) in [6.07, 6.45) is 2.14. The molecule has 29 heavy (non-hydrogen) atoms. The largest absolute Gasteiger partial charge is 0.374 e. The molecule has 6 heteroatoms. The SMILES string of the molecule is O=C(c1ccccc1)N(CC1CC1)CC1CN(Cc2c(F)cccc2F)CCO1. The third-order valence-electron chi connectivity index (χ3n) is 5.57. The van der Waals surface area contributed by atoms with Gasteiger partial charge in [0.15, 0.2) is 0 Å². The second kappa shape index (κ2) is 9.01. The van der Waals surface area contributed by atoms with Gasteiger partial charge in [-0.25, -0.2) is 8.78 Å². The predicted molar refractivity (Wildman–Crippen MR) is 106 cm³/mol. The van der Waals surface area contributed by atoms with Crippen LogP contribution in [0, 0.1) is 17.6 Å². The minimum absolute atomic E-state index is 0.0124. The van der Waals surface area contributed by atoms with Gasteiger partial charge >= 0.3 is 0 Å². The lowest BCUT2D eigenvalue weighted by atomic mass is 10.1. The van der Waals surface area contributed by atoms with Gasteiger partial charge in [0, 0.05) is 43.9 Å². The van der Waals surface area contributed by atoms with Gasteiger partial charge in [-0.2, -0.15) is 0 Å². The van der Waals surface area contributed by atoms with E-state index in [1.807, 2.05) is 40.1 Å². The van der Waals surface area contributed by atoms with E-state index in [9.17, 15) is 13.6 Å². The molecule has 1 saturated heterocycles. The first-order valence-corrected chi connectivity index (χ1v) is 10.2. The highest BCUT2D eigenvalue weighted by atomic mass is 19.1. The maximum Gasteiger partial charge on any atom is 0.253 e. The Bertz CT molecular complexity index is 822. The molecule has 0 bridgehead atoms. The molecule has 1 saturated carbocycles. The Balaban J connectivity index is 1.41. The summed E-state index contributed by atoms with van der Waals surface area (Å²) < 4.78 is 33.9. The number of amides is 1. The molecule has 154 valence electrons. The van der Waals surface area contributed by atoms with E-state index >= 15 is 0 Å². The average Bonchev–Trinajstić information content (AvgIpc) is 3.55. The Morgan fingerprint density at radius 2 is 1.76 bits per heavy atom. The van der Waals surface area contributed by atoms with Crippen molar-refractivity contribution in [2.75, 3.05) is 32.8 Å². The predicted octanol–water partition coefficient (Wildman–Crippen LogP) is 3.72. The number of benzene rings is 2. The molecule has 0 N–H and O–H groups in total. The van der Waals surface area contributed by atoms with E-state index in [4.69, 9.17) is 4.74 Å². The fourth-order valence-electron chi connectivity index (χ4n) is 3.80. The number of ether oxygens (including phenoxy) is 1. The zero-order chi connectivity index (χ0) is 20.2. The standard InChI is InChI=1S/C23H26F2N2O2/c24-21-7-4-8-22(25)20(21)16-26-11-12-29-19(14-26)15-27(13-17-9-10-17)23(28)18-5-2-1-3-6-18/h1-8,17,19H,9-16H2. The van der Waals surface area contributed by atoms with Gasteiger partial charge in [-0.15, -0.1) is 0 Å². The van der Waals surface area contributed by atoms with Crippen molar-refractivity contribution in [1.82, 2.24) is 9.80 Å². The van der Waals surface area contributed by atoms with Crippen LogP contribution in [0.25, 0.3) is 0 Å². The van der Waals surface area contributed by atoms with Crippen LogP contribution in [-0.4, -0.2) is 54.6 Å². The van der Waals surface area contributed by atoms with Crippen LogP contribution in [0.2, 0.25) is 0 Å². The summed E-state index contributed by atoms with van der Waals surface area (Å²) in [6, 6.07) is 13.2. The third-order valence-corrected chi connectivity index (χ3v) is 5.57. The van der Waals surface area contributed by atoms with Gasteiger partial charge in [0.05, 0.1) is 12.7 Å². The first-order chi connectivity index (χ1) is 14.1.